The van der Waals surface area contributed by atoms with Crippen molar-refractivity contribution in [3.05, 3.63) is 71.8 Å². The van der Waals surface area contributed by atoms with Gasteiger partial charge in [0.15, 0.2) is 9.84 Å². The lowest BCUT2D eigenvalue weighted by molar-refractivity contribution is 0.0936. The molecule has 0 aliphatic heterocycles. The van der Waals surface area contributed by atoms with Crippen LogP contribution in [-0.2, 0) is 16.4 Å². The lowest BCUT2D eigenvalue weighted by atomic mass is 10.2. The van der Waals surface area contributed by atoms with Crippen LogP contribution in [0.4, 0.5) is 0 Å². The van der Waals surface area contributed by atoms with Crippen LogP contribution in [0.2, 0.25) is 0 Å². The van der Waals surface area contributed by atoms with E-state index in [-0.39, 0.29) is 34.8 Å². The number of pyridine rings is 1. The highest BCUT2D eigenvalue weighted by atomic mass is 32.2. The van der Waals surface area contributed by atoms with Crippen LogP contribution in [-0.4, -0.2) is 47.3 Å². The van der Waals surface area contributed by atoms with Gasteiger partial charge in [0.25, 0.3) is 11.8 Å². The Labute approximate surface area is 180 Å². The van der Waals surface area contributed by atoms with E-state index < -0.39 is 15.7 Å². The monoisotopic (exact) mass is 441 g/mol. The molecule has 0 saturated carbocycles. The van der Waals surface area contributed by atoms with Gasteiger partial charge in [0, 0.05) is 18.5 Å². The summed E-state index contributed by atoms with van der Waals surface area (Å²) in [4.78, 5) is 28.8. The molecule has 3 rings (SSSR count). The minimum Gasteiger partial charge on any atom is -0.349 e. The number of rotatable bonds is 7. The van der Waals surface area contributed by atoms with Crippen molar-refractivity contribution in [1.82, 2.24) is 25.4 Å². The Morgan fingerprint density at radius 1 is 1.00 bits per heavy atom. The van der Waals surface area contributed by atoms with Crippen molar-refractivity contribution in [3.63, 3.8) is 0 Å². The summed E-state index contributed by atoms with van der Waals surface area (Å²) in [6, 6.07) is 12.7. The highest BCUT2D eigenvalue weighted by molar-refractivity contribution is 7.90. The van der Waals surface area contributed by atoms with Gasteiger partial charge in [-0.1, -0.05) is 6.07 Å². The van der Waals surface area contributed by atoms with Gasteiger partial charge in [-0.15, -0.1) is 0 Å². The summed E-state index contributed by atoms with van der Waals surface area (Å²) >= 11 is 0. The molecule has 162 valence electrons. The van der Waals surface area contributed by atoms with Gasteiger partial charge in [0.05, 0.1) is 22.8 Å². The Balaban J connectivity index is 1.64. The van der Waals surface area contributed by atoms with Gasteiger partial charge < -0.3 is 10.6 Å². The van der Waals surface area contributed by atoms with E-state index in [0.29, 0.717) is 11.4 Å². The molecule has 0 aliphatic carbocycles. The zero-order valence-corrected chi connectivity index (χ0v) is 18.2. The topological polar surface area (TPSA) is 123 Å². The van der Waals surface area contributed by atoms with E-state index in [4.69, 9.17) is 0 Å². The molecule has 2 N–H and O–H groups in total. The van der Waals surface area contributed by atoms with Gasteiger partial charge in [-0.25, -0.2) is 18.1 Å². The maximum Gasteiger partial charge on any atom is 0.270 e. The molecular formula is C21H23N5O4S. The molecule has 0 bridgehead atoms. The first-order valence-electron chi connectivity index (χ1n) is 9.54. The predicted octanol–water partition coefficient (Wildman–Crippen LogP) is 1.74. The fraction of sp³-hybridized carbons (Fsp3) is 0.238. The number of nitrogens with one attached hydrogen (secondary N) is 2. The quantitative estimate of drug-likeness (QED) is 0.576. The van der Waals surface area contributed by atoms with Crippen LogP contribution in [0, 0.1) is 0 Å². The second kappa shape index (κ2) is 9.09. The van der Waals surface area contributed by atoms with E-state index in [1.807, 2.05) is 13.8 Å². The fourth-order valence-corrected chi connectivity index (χ4v) is 3.36. The Morgan fingerprint density at radius 3 is 2.26 bits per heavy atom. The summed E-state index contributed by atoms with van der Waals surface area (Å²) in [7, 11) is -3.26. The molecular weight excluding hydrogens is 418 g/mol. The summed E-state index contributed by atoms with van der Waals surface area (Å²) in [6.07, 6.45) is 2.87. The number of nitrogens with zero attached hydrogens (tertiary/aromatic N) is 3. The molecule has 2 aromatic heterocycles. The largest absolute Gasteiger partial charge is 0.349 e. The highest BCUT2D eigenvalue weighted by Gasteiger charge is 2.13. The molecule has 1 aromatic carbocycles. The third-order valence-electron chi connectivity index (χ3n) is 4.24. The average molecular weight is 442 g/mol. The maximum absolute atomic E-state index is 12.4. The molecule has 0 radical (unpaired) electrons. The van der Waals surface area contributed by atoms with Crippen molar-refractivity contribution in [2.75, 3.05) is 6.26 Å². The second-order valence-electron chi connectivity index (χ2n) is 7.24. The molecule has 0 saturated heterocycles. The molecule has 2 heterocycles. The number of carbonyl (C=O) groups excluding carboxylic acids is 2. The molecule has 3 aromatic rings. The standard InChI is InChI=1S/C21H23N5O4S/c1-14(2)23-21(28)19-6-4-5-18(24-19)20(27)22-13-15-11-12-26(25-15)16-7-9-17(10-8-16)31(3,29)30/h4-12,14H,13H2,1-3H3,(H,22,27)(H,23,28). The van der Waals surface area contributed by atoms with E-state index in [9.17, 15) is 18.0 Å². The van der Waals surface area contributed by atoms with Crippen LogP contribution in [0.15, 0.2) is 59.6 Å². The Hall–Kier alpha value is -3.53. The number of amides is 2. The fourth-order valence-electron chi connectivity index (χ4n) is 2.73. The average Bonchev–Trinajstić information content (AvgIpc) is 3.20. The van der Waals surface area contributed by atoms with Crippen LogP contribution in [0.3, 0.4) is 0 Å². The van der Waals surface area contributed by atoms with Crippen LogP contribution >= 0.6 is 0 Å². The van der Waals surface area contributed by atoms with Crippen molar-refractivity contribution in [2.45, 2.75) is 31.3 Å². The first-order valence-corrected chi connectivity index (χ1v) is 11.4. The third-order valence-corrected chi connectivity index (χ3v) is 5.37. The first-order chi connectivity index (χ1) is 14.6. The first kappa shape index (κ1) is 22.2. The smallest absolute Gasteiger partial charge is 0.270 e. The van der Waals surface area contributed by atoms with Gasteiger partial charge in [-0.3, -0.25) is 9.59 Å². The van der Waals surface area contributed by atoms with E-state index in [2.05, 4.69) is 20.7 Å². The van der Waals surface area contributed by atoms with E-state index in [1.54, 1.807) is 41.2 Å². The molecule has 9 nitrogen and oxygen atoms in total. The minimum absolute atomic E-state index is 0.0375. The van der Waals surface area contributed by atoms with E-state index in [1.165, 1.54) is 18.2 Å². The molecule has 0 aliphatic rings. The summed E-state index contributed by atoms with van der Waals surface area (Å²) in [5.41, 5.74) is 1.60. The van der Waals surface area contributed by atoms with Crippen LogP contribution in [0.1, 0.15) is 40.5 Å². The number of hydrogen-bond donors (Lipinski definition) is 2. The Morgan fingerprint density at radius 2 is 1.65 bits per heavy atom. The van der Waals surface area contributed by atoms with Gasteiger partial charge in [-0.2, -0.15) is 5.10 Å². The molecule has 0 atom stereocenters. The van der Waals surface area contributed by atoms with Crippen LogP contribution < -0.4 is 10.6 Å². The molecule has 10 heteroatoms. The lowest BCUT2D eigenvalue weighted by Gasteiger charge is -2.08. The van der Waals surface area contributed by atoms with Crippen molar-refractivity contribution < 1.29 is 18.0 Å². The van der Waals surface area contributed by atoms with Gasteiger partial charge in [-0.05, 0) is 56.3 Å². The highest BCUT2D eigenvalue weighted by Crippen LogP contribution is 2.13. The van der Waals surface area contributed by atoms with Crippen molar-refractivity contribution in [1.29, 1.82) is 0 Å². The number of aromatic nitrogens is 3. The number of carbonyl (C=O) groups is 2. The molecule has 0 unspecified atom stereocenters. The van der Waals surface area contributed by atoms with Crippen molar-refractivity contribution >= 4 is 21.7 Å². The zero-order chi connectivity index (χ0) is 22.6. The molecule has 2 amide bonds. The number of benzene rings is 1. The van der Waals surface area contributed by atoms with E-state index >= 15 is 0 Å². The maximum atomic E-state index is 12.4. The number of hydrogen-bond acceptors (Lipinski definition) is 6. The third kappa shape index (κ3) is 5.76. The molecule has 31 heavy (non-hydrogen) atoms. The minimum atomic E-state index is -3.26. The SMILES string of the molecule is CC(C)NC(=O)c1cccc(C(=O)NCc2ccn(-c3ccc(S(C)(=O)=O)cc3)n2)n1. The van der Waals surface area contributed by atoms with E-state index in [0.717, 1.165) is 6.26 Å². The zero-order valence-electron chi connectivity index (χ0n) is 17.4. The van der Waals surface area contributed by atoms with Gasteiger partial charge >= 0.3 is 0 Å². The van der Waals surface area contributed by atoms with Crippen LogP contribution in [0.5, 0.6) is 0 Å². The van der Waals surface area contributed by atoms with Gasteiger partial charge in [0.1, 0.15) is 11.4 Å². The summed E-state index contributed by atoms with van der Waals surface area (Å²) in [5.74, 6) is -0.767. The Bertz CT molecular complexity index is 1200. The number of sulfone groups is 1. The molecule has 0 fully saturated rings. The summed E-state index contributed by atoms with van der Waals surface area (Å²) < 4.78 is 24.7. The van der Waals surface area contributed by atoms with Crippen LogP contribution in [0.25, 0.3) is 5.69 Å². The lowest BCUT2D eigenvalue weighted by Crippen LogP contribution is -2.31. The second-order valence-corrected chi connectivity index (χ2v) is 9.25. The normalized spacial score (nSPS) is 11.4. The Kier molecular flexibility index (Phi) is 6.50. The summed E-state index contributed by atoms with van der Waals surface area (Å²) in [5, 5.41) is 9.85. The van der Waals surface area contributed by atoms with Gasteiger partial charge in [0.2, 0.25) is 0 Å². The predicted molar refractivity (Wildman–Crippen MR) is 115 cm³/mol. The van der Waals surface area contributed by atoms with Crippen molar-refractivity contribution in [3.8, 4) is 5.69 Å². The summed E-state index contributed by atoms with van der Waals surface area (Å²) in [6.45, 7) is 3.85. The molecule has 0 spiro atoms. The van der Waals surface area contributed by atoms with Crippen molar-refractivity contribution in [2.24, 2.45) is 0 Å².